The van der Waals surface area contributed by atoms with Gasteiger partial charge in [-0.25, -0.2) is 9.97 Å². The molecule has 0 aliphatic rings. The fourth-order valence-electron chi connectivity index (χ4n) is 2.22. The molecular weight excluding hydrogens is 294 g/mol. The van der Waals surface area contributed by atoms with Crippen LogP contribution in [0.2, 0.25) is 0 Å². The van der Waals surface area contributed by atoms with E-state index in [0.717, 1.165) is 5.56 Å². The molecular formula is C16H21N5O2. The highest BCUT2D eigenvalue weighted by atomic mass is 16.4. The van der Waals surface area contributed by atoms with Crippen molar-refractivity contribution < 1.29 is 9.90 Å². The number of hydrogen-bond acceptors (Lipinski definition) is 6. The molecule has 0 aliphatic carbocycles. The molecule has 122 valence electrons. The molecule has 2 heterocycles. The van der Waals surface area contributed by atoms with Gasteiger partial charge in [-0.05, 0) is 31.7 Å². The Morgan fingerprint density at radius 3 is 2.39 bits per heavy atom. The van der Waals surface area contributed by atoms with Crippen LogP contribution in [0.1, 0.15) is 24.1 Å². The van der Waals surface area contributed by atoms with E-state index in [2.05, 4.69) is 26.8 Å². The van der Waals surface area contributed by atoms with Crippen LogP contribution in [0.4, 0.5) is 5.95 Å². The highest BCUT2D eigenvalue weighted by Gasteiger charge is 2.13. The average molecular weight is 315 g/mol. The third-order valence-electron chi connectivity index (χ3n) is 3.69. The molecule has 2 aromatic heterocycles. The minimum Gasteiger partial charge on any atom is -0.480 e. The van der Waals surface area contributed by atoms with Crippen molar-refractivity contribution in [2.75, 3.05) is 25.5 Å². The summed E-state index contributed by atoms with van der Waals surface area (Å²) in [6.07, 6.45) is 7.04. The third-order valence-corrected chi connectivity index (χ3v) is 3.69. The Morgan fingerprint density at radius 1 is 1.22 bits per heavy atom. The monoisotopic (exact) mass is 315 g/mol. The summed E-state index contributed by atoms with van der Waals surface area (Å²) < 4.78 is 0. The van der Waals surface area contributed by atoms with Crippen LogP contribution in [0.25, 0.3) is 0 Å². The minimum absolute atomic E-state index is 0.127. The number of carbonyl (C=O) groups is 1. The van der Waals surface area contributed by atoms with Crippen molar-refractivity contribution in [2.24, 2.45) is 0 Å². The number of pyridine rings is 1. The number of anilines is 1. The van der Waals surface area contributed by atoms with Crippen molar-refractivity contribution in [3.63, 3.8) is 0 Å². The summed E-state index contributed by atoms with van der Waals surface area (Å²) in [5, 5.41) is 8.78. The number of aromatic nitrogens is 3. The van der Waals surface area contributed by atoms with Crippen LogP contribution in [-0.4, -0.2) is 51.6 Å². The Kier molecular flexibility index (Phi) is 5.59. The number of carboxylic acid groups (broad SMARTS) is 1. The highest BCUT2D eigenvalue weighted by molar-refractivity contribution is 5.72. The summed E-state index contributed by atoms with van der Waals surface area (Å²) in [4.78, 5) is 26.9. The first-order chi connectivity index (χ1) is 11.0. The minimum atomic E-state index is -0.911. The van der Waals surface area contributed by atoms with Gasteiger partial charge >= 0.3 is 5.97 Å². The Labute approximate surface area is 135 Å². The highest BCUT2D eigenvalue weighted by Crippen LogP contribution is 2.19. The molecule has 7 heteroatoms. The van der Waals surface area contributed by atoms with Crippen molar-refractivity contribution in [2.45, 2.75) is 19.5 Å². The van der Waals surface area contributed by atoms with E-state index in [1.165, 1.54) is 10.5 Å². The van der Waals surface area contributed by atoms with Crippen molar-refractivity contribution in [3.8, 4) is 0 Å². The summed E-state index contributed by atoms with van der Waals surface area (Å²) in [6, 6.07) is 4.25. The molecule has 1 atom stereocenters. The molecule has 0 fully saturated rings. The lowest BCUT2D eigenvalue weighted by molar-refractivity contribution is -0.135. The lowest BCUT2D eigenvalue weighted by Gasteiger charge is -2.25. The van der Waals surface area contributed by atoms with Crippen molar-refractivity contribution in [1.29, 1.82) is 0 Å². The number of aliphatic carboxylic acids is 1. The van der Waals surface area contributed by atoms with Gasteiger partial charge in [-0.15, -0.1) is 0 Å². The number of carboxylic acids is 1. The van der Waals surface area contributed by atoms with Gasteiger partial charge in [-0.3, -0.25) is 14.7 Å². The molecule has 0 spiro atoms. The van der Waals surface area contributed by atoms with Crippen LogP contribution >= 0.6 is 0 Å². The fraction of sp³-hybridized carbons (Fsp3) is 0.375. The Bertz CT molecular complexity index is 633. The number of hydrogen-bond donors (Lipinski definition) is 1. The summed E-state index contributed by atoms with van der Waals surface area (Å²) in [6.45, 7) is 2.70. The standard InChI is InChI=1S/C16H21N5O2/c1-12(14-4-6-17-7-5-14)20(2)10-13-8-18-16(19-9-13)21(3)11-15(22)23/h4-9,12H,10-11H2,1-3H3,(H,22,23). The smallest absolute Gasteiger partial charge is 0.323 e. The van der Waals surface area contributed by atoms with Gasteiger partial charge < -0.3 is 10.0 Å². The van der Waals surface area contributed by atoms with Gasteiger partial charge in [-0.2, -0.15) is 0 Å². The summed E-state index contributed by atoms with van der Waals surface area (Å²) in [5.41, 5.74) is 2.17. The van der Waals surface area contributed by atoms with Crippen LogP contribution < -0.4 is 4.90 Å². The van der Waals surface area contributed by atoms with Crippen LogP contribution in [0.3, 0.4) is 0 Å². The van der Waals surface area contributed by atoms with E-state index in [1.807, 2.05) is 19.2 Å². The number of rotatable bonds is 7. The predicted molar refractivity (Wildman–Crippen MR) is 87.1 cm³/mol. The van der Waals surface area contributed by atoms with Crippen molar-refractivity contribution >= 4 is 11.9 Å². The largest absolute Gasteiger partial charge is 0.480 e. The van der Waals surface area contributed by atoms with Gasteiger partial charge in [-0.1, -0.05) is 0 Å². The average Bonchev–Trinajstić information content (AvgIpc) is 2.55. The van der Waals surface area contributed by atoms with E-state index in [0.29, 0.717) is 12.5 Å². The molecule has 2 aromatic rings. The van der Waals surface area contributed by atoms with Crippen molar-refractivity contribution in [3.05, 3.63) is 48.0 Å². The van der Waals surface area contributed by atoms with E-state index >= 15 is 0 Å². The quantitative estimate of drug-likeness (QED) is 0.830. The SMILES string of the molecule is CC(c1ccncc1)N(C)Cc1cnc(N(C)CC(=O)O)nc1. The van der Waals surface area contributed by atoms with Crippen LogP contribution in [-0.2, 0) is 11.3 Å². The van der Waals surface area contributed by atoms with Crippen LogP contribution in [0.5, 0.6) is 0 Å². The molecule has 0 bridgehead atoms. The fourth-order valence-corrected chi connectivity index (χ4v) is 2.22. The number of nitrogens with zero attached hydrogens (tertiary/aromatic N) is 5. The molecule has 0 saturated heterocycles. The Hall–Kier alpha value is -2.54. The first-order valence-electron chi connectivity index (χ1n) is 7.31. The lowest BCUT2D eigenvalue weighted by Crippen LogP contribution is -2.27. The molecule has 0 amide bonds. The lowest BCUT2D eigenvalue weighted by atomic mass is 10.1. The molecule has 0 radical (unpaired) electrons. The maximum atomic E-state index is 10.7. The van der Waals surface area contributed by atoms with E-state index in [4.69, 9.17) is 5.11 Å². The van der Waals surface area contributed by atoms with E-state index in [9.17, 15) is 4.79 Å². The molecule has 7 nitrogen and oxygen atoms in total. The molecule has 0 aliphatic heterocycles. The van der Waals surface area contributed by atoms with Crippen LogP contribution in [0, 0.1) is 0 Å². The third kappa shape index (κ3) is 4.72. The van der Waals surface area contributed by atoms with Crippen LogP contribution in [0.15, 0.2) is 36.9 Å². The second kappa shape index (κ2) is 7.64. The van der Waals surface area contributed by atoms with Gasteiger partial charge in [0.2, 0.25) is 5.95 Å². The molecule has 2 rings (SSSR count). The maximum Gasteiger partial charge on any atom is 0.323 e. The van der Waals surface area contributed by atoms with E-state index in [1.54, 1.807) is 31.8 Å². The first kappa shape index (κ1) is 16.8. The van der Waals surface area contributed by atoms with E-state index in [-0.39, 0.29) is 12.6 Å². The van der Waals surface area contributed by atoms with Crippen molar-refractivity contribution in [1.82, 2.24) is 19.9 Å². The molecule has 1 N–H and O–H groups in total. The zero-order valence-electron chi connectivity index (χ0n) is 13.5. The molecule has 1 unspecified atom stereocenters. The van der Waals surface area contributed by atoms with Gasteiger partial charge in [0.15, 0.2) is 0 Å². The first-order valence-corrected chi connectivity index (χ1v) is 7.31. The zero-order valence-corrected chi connectivity index (χ0v) is 13.5. The van der Waals surface area contributed by atoms with E-state index < -0.39 is 5.97 Å². The van der Waals surface area contributed by atoms with Gasteiger partial charge in [0, 0.05) is 50.0 Å². The number of likely N-dealkylation sites (N-methyl/N-ethyl adjacent to an activating group) is 1. The topological polar surface area (TPSA) is 82.5 Å². The summed E-state index contributed by atoms with van der Waals surface area (Å²) in [7, 11) is 3.69. The molecule has 23 heavy (non-hydrogen) atoms. The zero-order chi connectivity index (χ0) is 16.8. The van der Waals surface area contributed by atoms with Gasteiger partial charge in [0.05, 0.1) is 0 Å². The summed E-state index contributed by atoms with van der Waals surface area (Å²) >= 11 is 0. The van der Waals surface area contributed by atoms with Gasteiger partial charge in [0.25, 0.3) is 0 Å². The van der Waals surface area contributed by atoms with Gasteiger partial charge in [0.1, 0.15) is 6.54 Å². The predicted octanol–water partition coefficient (Wildman–Crippen LogP) is 1.59. The second-order valence-corrected chi connectivity index (χ2v) is 5.51. The Balaban J connectivity index is 1.99. The maximum absolute atomic E-state index is 10.7. The molecule has 0 aromatic carbocycles. The normalized spacial score (nSPS) is 12.2. The summed E-state index contributed by atoms with van der Waals surface area (Å²) in [5.74, 6) is -0.507. The Morgan fingerprint density at radius 2 is 1.83 bits per heavy atom. The molecule has 0 saturated carbocycles. The second-order valence-electron chi connectivity index (χ2n) is 5.51.